The molecule has 2 N–H and O–H groups in total. The number of hydrogen-bond acceptors (Lipinski definition) is 2. The van der Waals surface area contributed by atoms with E-state index < -0.39 is 22.4 Å². The Morgan fingerprint density at radius 3 is 2.81 bits per heavy atom. The Morgan fingerprint density at radius 2 is 2.12 bits per heavy atom. The van der Waals surface area contributed by atoms with Gasteiger partial charge in [-0.05, 0) is 49.4 Å². The Hall–Kier alpha value is -0.770. The van der Waals surface area contributed by atoms with Crippen LogP contribution in [0.5, 0.6) is 0 Å². The molecule has 3 atom stereocenters. The zero-order chi connectivity index (χ0) is 18.2. The van der Waals surface area contributed by atoms with Gasteiger partial charge in [-0.2, -0.15) is 0 Å². The fraction of sp³-hybridized carbons (Fsp3) is 0.611. The molecule has 1 aliphatic carbocycles. The van der Waals surface area contributed by atoms with Gasteiger partial charge in [0, 0.05) is 41.4 Å². The van der Waals surface area contributed by atoms with Crippen molar-refractivity contribution in [1.29, 1.82) is 0 Å². The lowest BCUT2D eigenvalue weighted by Crippen LogP contribution is -2.47. The molecule has 0 amide bonds. The molecule has 0 radical (unpaired) electrons. The lowest BCUT2D eigenvalue weighted by atomic mass is 9.95. The molecule has 8 heteroatoms. The minimum absolute atomic E-state index is 0. The average molecular weight is 499 g/mol. The molecule has 1 saturated carbocycles. The van der Waals surface area contributed by atoms with E-state index in [9.17, 15) is 13.0 Å². The molecule has 0 spiro atoms. The summed E-state index contributed by atoms with van der Waals surface area (Å²) in [4.78, 5) is 4.19. The van der Waals surface area contributed by atoms with Gasteiger partial charge >= 0.3 is 0 Å². The number of aliphatic imine (C=N–C) groups is 1. The Balaban J connectivity index is 0.00000338. The van der Waals surface area contributed by atoms with Gasteiger partial charge in [0.25, 0.3) is 0 Å². The molecule has 0 aromatic heterocycles. The molecule has 1 aromatic carbocycles. The van der Waals surface area contributed by atoms with Gasteiger partial charge < -0.3 is 10.6 Å². The second kappa shape index (κ2) is 11.8. The minimum atomic E-state index is -0.764. The topological polar surface area (TPSA) is 53.5 Å². The summed E-state index contributed by atoms with van der Waals surface area (Å²) >= 11 is 0. The van der Waals surface area contributed by atoms with Crippen LogP contribution in [0.15, 0.2) is 23.2 Å². The van der Waals surface area contributed by atoms with Crippen molar-refractivity contribution in [3.8, 4) is 0 Å². The summed E-state index contributed by atoms with van der Waals surface area (Å²) in [7, 11) is 0.920. The van der Waals surface area contributed by atoms with Crippen LogP contribution in [-0.2, 0) is 17.2 Å². The first-order valence-electron chi connectivity index (χ1n) is 8.81. The summed E-state index contributed by atoms with van der Waals surface area (Å²) in [5, 5.41) is 6.75. The van der Waals surface area contributed by atoms with Crippen LogP contribution in [0.2, 0.25) is 0 Å². The normalized spacial score (nSPS) is 21.6. The number of guanidine groups is 1. The van der Waals surface area contributed by atoms with E-state index in [2.05, 4.69) is 15.6 Å². The third-order valence-electron chi connectivity index (χ3n) is 4.54. The summed E-state index contributed by atoms with van der Waals surface area (Å²) in [5.41, 5.74) is 0.346. The van der Waals surface area contributed by atoms with Crippen LogP contribution < -0.4 is 10.6 Å². The highest BCUT2D eigenvalue weighted by molar-refractivity contribution is 14.0. The second-order valence-electron chi connectivity index (χ2n) is 6.28. The molecule has 1 aliphatic rings. The van der Waals surface area contributed by atoms with Crippen molar-refractivity contribution in [2.75, 3.05) is 19.3 Å². The quantitative estimate of drug-likeness (QED) is 0.359. The molecular formula is C18H28F2IN3OS. The third-order valence-corrected chi connectivity index (χ3v) is 6.28. The highest BCUT2D eigenvalue weighted by Gasteiger charge is 2.25. The molecule has 26 heavy (non-hydrogen) atoms. The molecule has 2 rings (SSSR count). The number of hydrogen-bond donors (Lipinski definition) is 2. The Labute approximate surface area is 174 Å². The van der Waals surface area contributed by atoms with Crippen molar-refractivity contribution in [2.24, 2.45) is 4.99 Å². The zero-order valence-corrected chi connectivity index (χ0v) is 18.4. The van der Waals surface area contributed by atoms with Crippen LogP contribution in [0.4, 0.5) is 8.78 Å². The lowest BCUT2D eigenvalue weighted by Gasteiger charge is -2.30. The van der Waals surface area contributed by atoms with Crippen molar-refractivity contribution >= 4 is 40.7 Å². The molecule has 4 nitrogen and oxygen atoms in total. The molecule has 1 aromatic rings. The third kappa shape index (κ3) is 7.09. The van der Waals surface area contributed by atoms with E-state index in [1.54, 1.807) is 7.05 Å². The molecule has 0 saturated heterocycles. The van der Waals surface area contributed by atoms with E-state index in [1.165, 1.54) is 6.07 Å². The maximum Gasteiger partial charge on any atom is 0.191 e. The number of rotatable bonds is 6. The fourth-order valence-electron chi connectivity index (χ4n) is 3.19. The van der Waals surface area contributed by atoms with Crippen molar-refractivity contribution in [3.63, 3.8) is 0 Å². The largest absolute Gasteiger partial charge is 0.356 e. The predicted molar refractivity (Wildman–Crippen MR) is 115 cm³/mol. The van der Waals surface area contributed by atoms with Crippen LogP contribution in [0.1, 0.15) is 38.2 Å². The standard InChI is InChI=1S/C18H27F2N3OS.HI/c1-3-25(24)16-6-4-5-15(12-16)23-18(21-2)22-10-9-13-11-14(19)7-8-17(13)20;/h7-8,11,15-16H,3-6,9-10,12H2,1-2H3,(H2,21,22,23);1H. The second-order valence-corrected chi connectivity index (χ2v) is 8.29. The van der Waals surface area contributed by atoms with Crippen molar-refractivity contribution < 1.29 is 13.0 Å². The number of nitrogens with zero attached hydrogens (tertiary/aromatic N) is 1. The smallest absolute Gasteiger partial charge is 0.191 e. The Bertz CT molecular complexity index is 630. The van der Waals surface area contributed by atoms with Gasteiger partial charge in [0.2, 0.25) is 0 Å². The van der Waals surface area contributed by atoms with Gasteiger partial charge in [-0.15, -0.1) is 24.0 Å². The van der Waals surface area contributed by atoms with Crippen molar-refractivity contribution in [2.45, 2.75) is 50.3 Å². The molecule has 3 unspecified atom stereocenters. The summed E-state index contributed by atoms with van der Waals surface area (Å²) in [6, 6.07) is 3.73. The molecule has 0 aliphatic heterocycles. The van der Waals surface area contributed by atoms with Gasteiger partial charge in [0.15, 0.2) is 5.96 Å². The van der Waals surface area contributed by atoms with Gasteiger partial charge in [0.05, 0.1) is 0 Å². The highest BCUT2D eigenvalue weighted by Crippen LogP contribution is 2.23. The average Bonchev–Trinajstić information content (AvgIpc) is 2.63. The van der Waals surface area contributed by atoms with Crippen LogP contribution in [0, 0.1) is 11.6 Å². The monoisotopic (exact) mass is 499 g/mol. The molecule has 1 fully saturated rings. The SMILES string of the molecule is CCS(=O)C1CCCC(NC(=NC)NCCc2cc(F)ccc2F)C1.I. The summed E-state index contributed by atoms with van der Waals surface area (Å²) in [6.07, 6.45) is 4.34. The predicted octanol–water partition coefficient (Wildman–Crippen LogP) is 3.37. The van der Waals surface area contributed by atoms with E-state index in [1.807, 2.05) is 6.92 Å². The lowest BCUT2D eigenvalue weighted by molar-refractivity contribution is 0.413. The summed E-state index contributed by atoms with van der Waals surface area (Å²) in [5.74, 6) is 0.507. The number of halogens is 3. The molecular weight excluding hydrogens is 471 g/mol. The van der Waals surface area contributed by atoms with E-state index in [-0.39, 0.29) is 35.3 Å². The zero-order valence-electron chi connectivity index (χ0n) is 15.3. The summed E-state index contributed by atoms with van der Waals surface area (Å²) < 4.78 is 38.9. The number of nitrogens with one attached hydrogen (secondary N) is 2. The first-order valence-corrected chi connectivity index (χ1v) is 10.2. The van der Waals surface area contributed by atoms with Crippen LogP contribution in [0.3, 0.4) is 0 Å². The fourth-order valence-corrected chi connectivity index (χ4v) is 4.54. The van der Waals surface area contributed by atoms with Gasteiger partial charge in [-0.3, -0.25) is 9.20 Å². The maximum atomic E-state index is 13.6. The minimum Gasteiger partial charge on any atom is -0.356 e. The van der Waals surface area contributed by atoms with Crippen LogP contribution in [-0.4, -0.2) is 40.8 Å². The van der Waals surface area contributed by atoms with E-state index >= 15 is 0 Å². The van der Waals surface area contributed by atoms with Gasteiger partial charge in [-0.1, -0.05) is 13.3 Å². The molecule has 148 valence electrons. The first kappa shape index (κ1) is 23.3. The number of benzene rings is 1. The van der Waals surface area contributed by atoms with E-state index in [0.29, 0.717) is 30.2 Å². The Kier molecular flexibility index (Phi) is 10.6. The van der Waals surface area contributed by atoms with Gasteiger partial charge in [-0.25, -0.2) is 8.78 Å². The van der Waals surface area contributed by atoms with Crippen LogP contribution >= 0.6 is 24.0 Å². The molecule has 0 bridgehead atoms. The van der Waals surface area contributed by atoms with Crippen LogP contribution in [0.25, 0.3) is 0 Å². The van der Waals surface area contributed by atoms with E-state index in [0.717, 1.165) is 37.8 Å². The summed E-state index contributed by atoms with van der Waals surface area (Å²) in [6.45, 7) is 2.41. The molecule has 0 heterocycles. The van der Waals surface area contributed by atoms with Gasteiger partial charge in [0.1, 0.15) is 11.6 Å². The van der Waals surface area contributed by atoms with Crippen molar-refractivity contribution in [1.82, 2.24) is 10.6 Å². The Morgan fingerprint density at radius 1 is 1.35 bits per heavy atom. The maximum absolute atomic E-state index is 13.6. The van der Waals surface area contributed by atoms with E-state index in [4.69, 9.17) is 0 Å². The van der Waals surface area contributed by atoms with Crippen molar-refractivity contribution in [3.05, 3.63) is 35.4 Å². The highest BCUT2D eigenvalue weighted by atomic mass is 127. The first-order chi connectivity index (χ1) is 12.0.